The van der Waals surface area contributed by atoms with E-state index in [1.165, 1.54) is 12.1 Å². The summed E-state index contributed by atoms with van der Waals surface area (Å²) in [4.78, 5) is 2.06. The lowest BCUT2D eigenvalue weighted by Gasteiger charge is -2.10. The minimum Gasteiger partial charge on any atom is -0.377 e. The molecule has 1 heterocycles. The van der Waals surface area contributed by atoms with Crippen LogP contribution in [0.1, 0.15) is 18.4 Å². The molecule has 3 nitrogen and oxygen atoms in total. The summed E-state index contributed by atoms with van der Waals surface area (Å²) in [5.41, 5.74) is 0.539. The van der Waals surface area contributed by atoms with Gasteiger partial charge in [-0.3, -0.25) is 0 Å². The maximum absolute atomic E-state index is 12.5. The van der Waals surface area contributed by atoms with Gasteiger partial charge in [0.05, 0.1) is 17.5 Å². The van der Waals surface area contributed by atoms with Gasteiger partial charge in [-0.2, -0.15) is 23.4 Å². The van der Waals surface area contributed by atoms with Gasteiger partial charge in [-0.05, 0) is 31.0 Å². The van der Waals surface area contributed by atoms with Gasteiger partial charge in [0.2, 0.25) is 0 Å². The maximum Gasteiger partial charge on any atom is 0.416 e. The minimum absolute atomic E-state index is 0.201. The Balaban J connectivity index is 2.11. The number of benzene rings is 1. The van der Waals surface area contributed by atoms with E-state index < -0.39 is 11.7 Å². The van der Waals surface area contributed by atoms with E-state index in [1.807, 2.05) is 7.05 Å². The zero-order valence-corrected chi connectivity index (χ0v) is 10.5. The Morgan fingerprint density at radius 3 is 2.74 bits per heavy atom. The lowest BCUT2D eigenvalue weighted by Crippen LogP contribution is -2.09. The molecule has 6 heteroatoms. The molecule has 1 fully saturated rings. The summed E-state index contributed by atoms with van der Waals surface area (Å²) in [5, 5.41) is 7.65. The Morgan fingerprint density at radius 1 is 1.32 bits per heavy atom. The highest BCUT2D eigenvalue weighted by molar-refractivity contribution is 5.40. The molecule has 0 bridgehead atoms. The van der Waals surface area contributed by atoms with Crippen molar-refractivity contribution in [3.05, 3.63) is 41.7 Å². The highest BCUT2D eigenvalue weighted by Crippen LogP contribution is 2.31. The highest BCUT2D eigenvalue weighted by atomic mass is 19.4. The molecule has 1 saturated heterocycles. The Bertz CT molecular complexity index is 506. The van der Waals surface area contributed by atoms with Crippen LogP contribution in [0.4, 0.5) is 18.9 Å². The van der Waals surface area contributed by atoms with Crippen LogP contribution >= 0.6 is 0 Å². The quantitative estimate of drug-likeness (QED) is 0.733. The van der Waals surface area contributed by atoms with Crippen LogP contribution < -0.4 is 0 Å². The predicted octanol–water partition coefficient (Wildman–Crippen LogP) is 4.36. The summed E-state index contributed by atoms with van der Waals surface area (Å²) in [7, 11) is 1.96. The summed E-state index contributed by atoms with van der Waals surface area (Å²) in [6.07, 6.45) is -0.748. The Hall–Kier alpha value is -1.85. The van der Waals surface area contributed by atoms with Crippen LogP contribution in [0.2, 0.25) is 0 Å². The van der Waals surface area contributed by atoms with E-state index in [1.54, 1.807) is 6.20 Å². The van der Waals surface area contributed by atoms with Gasteiger partial charge < -0.3 is 4.90 Å². The molecule has 1 aromatic rings. The fourth-order valence-corrected chi connectivity index (χ4v) is 1.90. The second-order valence-corrected chi connectivity index (χ2v) is 4.41. The van der Waals surface area contributed by atoms with Crippen molar-refractivity contribution in [2.75, 3.05) is 13.6 Å². The molecule has 0 spiro atoms. The van der Waals surface area contributed by atoms with Crippen molar-refractivity contribution in [1.82, 2.24) is 4.90 Å². The van der Waals surface area contributed by atoms with E-state index >= 15 is 0 Å². The number of nitrogens with zero attached hydrogens (tertiary/aromatic N) is 3. The first-order valence-electron chi connectivity index (χ1n) is 5.95. The SMILES string of the molecule is CN1CCC/C1=C\N=Nc1cccc(C(F)(F)F)c1. The van der Waals surface area contributed by atoms with Crippen molar-refractivity contribution in [2.45, 2.75) is 19.0 Å². The van der Waals surface area contributed by atoms with Crippen LogP contribution in [0.25, 0.3) is 0 Å². The van der Waals surface area contributed by atoms with Crippen molar-refractivity contribution in [3.63, 3.8) is 0 Å². The van der Waals surface area contributed by atoms with Crippen molar-refractivity contribution >= 4 is 5.69 Å². The van der Waals surface area contributed by atoms with Gasteiger partial charge in [0.15, 0.2) is 0 Å². The first-order valence-corrected chi connectivity index (χ1v) is 5.95. The van der Waals surface area contributed by atoms with Crippen molar-refractivity contribution in [1.29, 1.82) is 0 Å². The van der Waals surface area contributed by atoms with Gasteiger partial charge in [-0.25, -0.2) is 0 Å². The third-order valence-electron chi connectivity index (χ3n) is 2.97. The number of alkyl halides is 3. The topological polar surface area (TPSA) is 28.0 Å². The molecule has 1 aliphatic heterocycles. The second-order valence-electron chi connectivity index (χ2n) is 4.41. The van der Waals surface area contributed by atoms with Crippen LogP contribution in [-0.2, 0) is 6.18 Å². The number of halogens is 3. The molecule has 0 radical (unpaired) electrons. The van der Waals surface area contributed by atoms with Crippen molar-refractivity contribution < 1.29 is 13.2 Å². The first kappa shape index (κ1) is 13.6. The molecular formula is C13H14F3N3. The molecule has 2 rings (SSSR count). The molecule has 0 amide bonds. The minimum atomic E-state index is -4.35. The summed E-state index contributed by atoms with van der Waals surface area (Å²) in [6.45, 7) is 0.977. The third kappa shape index (κ3) is 3.56. The molecule has 0 aliphatic carbocycles. The average Bonchev–Trinajstić information content (AvgIpc) is 2.75. The molecule has 0 N–H and O–H groups in total. The molecule has 19 heavy (non-hydrogen) atoms. The molecule has 1 aromatic carbocycles. The summed E-state index contributed by atoms with van der Waals surface area (Å²) >= 11 is 0. The summed E-state index contributed by atoms with van der Waals surface area (Å²) in [6, 6.07) is 4.82. The van der Waals surface area contributed by atoms with Crippen LogP contribution in [0.15, 0.2) is 46.4 Å². The molecule has 0 saturated carbocycles. The van der Waals surface area contributed by atoms with E-state index in [0.717, 1.165) is 37.2 Å². The standard InChI is InChI=1S/C13H14F3N3/c1-19-7-3-6-12(19)9-17-18-11-5-2-4-10(8-11)13(14,15)16/h2,4-5,8-9H,3,6-7H2,1H3/b12-9+,18-17?. The van der Waals surface area contributed by atoms with Crippen molar-refractivity contribution in [3.8, 4) is 0 Å². The number of likely N-dealkylation sites (tertiary alicyclic amines) is 1. The zero-order chi connectivity index (χ0) is 13.9. The first-order chi connectivity index (χ1) is 8.97. The fourth-order valence-electron chi connectivity index (χ4n) is 1.90. The van der Waals surface area contributed by atoms with Gasteiger partial charge >= 0.3 is 6.18 Å². The van der Waals surface area contributed by atoms with Gasteiger partial charge in [0, 0.05) is 19.3 Å². The fraction of sp³-hybridized carbons (Fsp3) is 0.385. The third-order valence-corrected chi connectivity index (χ3v) is 2.97. The van der Waals surface area contributed by atoms with E-state index in [2.05, 4.69) is 15.1 Å². The number of azo groups is 1. The van der Waals surface area contributed by atoms with E-state index in [9.17, 15) is 13.2 Å². The van der Waals surface area contributed by atoms with Crippen LogP contribution in [0, 0.1) is 0 Å². The lowest BCUT2D eigenvalue weighted by atomic mass is 10.2. The number of allylic oxidation sites excluding steroid dienone is 1. The zero-order valence-electron chi connectivity index (χ0n) is 10.5. The van der Waals surface area contributed by atoms with Crippen LogP contribution in [0.3, 0.4) is 0 Å². The Labute approximate surface area is 109 Å². The van der Waals surface area contributed by atoms with Crippen LogP contribution in [0.5, 0.6) is 0 Å². The molecule has 0 unspecified atom stereocenters. The summed E-state index contributed by atoms with van der Waals surface area (Å²) in [5.74, 6) is 0. The number of hydrogen-bond donors (Lipinski definition) is 0. The van der Waals surface area contributed by atoms with Crippen LogP contribution in [-0.4, -0.2) is 18.5 Å². The average molecular weight is 269 g/mol. The van der Waals surface area contributed by atoms with Gasteiger partial charge in [-0.15, -0.1) is 0 Å². The molecule has 0 atom stereocenters. The smallest absolute Gasteiger partial charge is 0.377 e. The van der Waals surface area contributed by atoms with Gasteiger partial charge in [0.25, 0.3) is 0 Å². The lowest BCUT2D eigenvalue weighted by molar-refractivity contribution is -0.137. The van der Waals surface area contributed by atoms with E-state index in [-0.39, 0.29) is 5.69 Å². The molecular weight excluding hydrogens is 255 g/mol. The van der Waals surface area contributed by atoms with Gasteiger partial charge in [-0.1, -0.05) is 6.07 Å². The van der Waals surface area contributed by atoms with Gasteiger partial charge in [0.1, 0.15) is 0 Å². The van der Waals surface area contributed by atoms with Crippen molar-refractivity contribution in [2.24, 2.45) is 10.2 Å². The Morgan fingerprint density at radius 2 is 2.11 bits per heavy atom. The Kier molecular flexibility index (Phi) is 3.87. The molecule has 1 aliphatic rings. The molecule has 0 aromatic heterocycles. The largest absolute Gasteiger partial charge is 0.416 e. The number of rotatable bonds is 2. The summed E-state index contributed by atoms with van der Waals surface area (Å²) < 4.78 is 37.5. The van der Waals surface area contributed by atoms with E-state index in [0.29, 0.717) is 0 Å². The number of hydrogen-bond acceptors (Lipinski definition) is 3. The monoisotopic (exact) mass is 269 g/mol. The highest BCUT2D eigenvalue weighted by Gasteiger charge is 2.30. The molecule has 102 valence electrons. The predicted molar refractivity (Wildman–Crippen MR) is 65.9 cm³/mol. The van der Waals surface area contributed by atoms with E-state index in [4.69, 9.17) is 0 Å². The normalized spacial score (nSPS) is 18.7. The maximum atomic E-state index is 12.5. The second kappa shape index (κ2) is 5.42.